The molecule has 31 heavy (non-hydrogen) atoms. The number of aromatic nitrogens is 1. The number of aliphatic carboxylic acids is 1. The number of oxazole rings is 1. The summed E-state index contributed by atoms with van der Waals surface area (Å²) in [6.45, 7) is -0.441. The standard InChI is InChI=1S/C20H17ClFN3O6/c21-13-5-6-15(22)14(7-13)12-3-1-11(2-4-12)9-25(10-16(26)19(28)29)24-18(27)17-8-23-20(30)31-17/h1-8,16,26H,9-10H2,(H,23,30)(H,24,27)(H,28,29)/t16-/m1/s1. The molecule has 0 saturated carbocycles. The topological polar surface area (TPSA) is 136 Å². The number of aliphatic hydroxyl groups is 1. The van der Waals surface area contributed by atoms with Crippen molar-refractivity contribution in [3.63, 3.8) is 0 Å². The summed E-state index contributed by atoms with van der Waals surface area (Å²) >= 11 is 5.93. The number of carboxylic acids is 1. The van der Waals surface area contributed by atoms with E-state index in [1.165, 1.54) is 18.2 Å². The molecule has 9 nitrogen and oxygen atoms in total. The van der Waals surface area contributed by atoms with Crippen LogP contribution in [0.4, 0.5) is 4.39 Å². The van der Waals surface area contributed by atoms with Gasteiger partial charge in [0.2, 0.25) is 5.76 Å². The summed E-state index contributed by atoms with van der Waals surface area (Å²) < 4.78 is 18.7. The highest BCUT2D eigenvalue weighted by molar-refractivity contribution is 6.30. The second kappa shape index (κ2) is 9.56. The average molecular weight is 450 g/mol. The summed E-state index contributed by atoms with van der Waals surface area (Å²) in [6, 6.07) is 10.8. The number of carbonyl (C=O) groups excluding carboxylic acids is 1. The lowest BCUT2D eigenvalue weighted by Gasteiger charge is -2.24. The normalized spacial score (nSPS) is 12.0. The van der Waals surface area contributed by atoms with Gasteiger partial charge in [-0.15, -0.1) is 0 Å². The Morgan fingerprint density at radius 2 is 1.94 bits per heavy atom. The van der Waals surface area contributed by atoms with Gasteiger partial charge in [-0.1, -0.05) is 35.9 Å². The van der Waals surface area contributed by atoms with Crippen LogP contribution in [-0.4, -0.2) is 44.7 Å². The second-order valence-corrected chi connectivity index (χ2v) is 6.98. The summed E-state index contributed by atoms with van der Waals surface area (Å²) in [6.07, 6.45) is -0.726. The molecule has 0 aliphatic heterocycles. The quantitative estimate of drug-likeness (QED) is 0.386. The number of halogens is 2. The minimum Gasteiger partial charge on any atom is -0.479 e. The molecule has 1 heterocycles. The van der Waals surface area contributed by atoms with E-state index in [1.54, 1.807) is 24.3 Å². The van der Waals surface area contributed by atoms with Crippen molar-refractivity contribution in [3.05, 3.63) is 81.4 Å². The number of hydrogen-bond donors (Lipinski definition) is 4. The van der Waals surface area contributed by atoms with Crippen LogP contribution in [0.3, 0.4) is 0 Å². The van der Waals surface area contributed by atoms with E-state index in [0.717, 1.165) is 11.2 Å². The maximum Gasteiger partial charge on any atom is 0.416 e. The fourth-order valence-corrected chi connectivity index (χ4v) is 2.93. The fourth-order valence-electron chi connectivity index (χ4n) is 2.76. The molecule has 4 N–H and O–H groups in total. The van der Waals surface area contributed by atoms with E-state index in [9.17, 15) is 23.9 Å². The van der Waals surface area contributed by atoms with Crippen LogP contribution in [0.2, 0.25) is 5.02 Å². The zero-order valence-electron chi connectivity index (χ0n) is 15.8. The van der Waals surface area contributed by atoms with Crippen LogP contribution in [0.25, 0.3) is 11.1 Å². The number of nitrogens with one attached hydrogen (secondary N) is 2. The van der Waals surface area contributed by atoms with Crippen molar-refractivity contribution in [1.29, 1.82) is 0 Å². The van der Waals surface area contributed by atoms with Gasteiger partial charge < -0.3 is 14.6 Å². The number of H-pyrrole nitrogens is 1. The molecule has 3 aromatic rings. The minimum absolute atomic E-state index is 0.00302. The highest BCUT2D eigenvalue weighted by atomic mass is 35.5. The van der Waals surface area contributed by atoms with Crippen molar-refractivity contribution in [2.45, 2.75) is 12.6 Å². The zero-order valence-corrected chi connectivity index (χ0v) is 16.6. The van der Waals surface area contributed by atoms with Crippen molar-refractivity contribution >= 4 is 23.5 Å². The molecule has 0 saturated heterocycles. The Labute approximate surface area is 179 Å². The Hall–Kier alpha value is -3.47. The minimum atomic E-state index is -1.78. The van der Waals surface area contributed by atoms with E-state index < -0.39 is 36.1 Å². The average Bonchev–Trinajstić information content (AvgIpc) is 3.17. The Morgan fingerprint density at radius 3 is 2.55 bits per heavy atom. The molecular formula is C20H17ClFN3O6. The highest BCUT2D eigenvalue weighted by Crippen LogP contribution is 2.26. The van der Waals surface area contributed by atoms with Crippen molar-refractivity contribution in [2.24, 2.45) is 0 Å². The molecule has 2 aromatic carbocycles. The first-order chi connectivity index (χ1) is 14.7. The first kappa shape index (κ1) is 22.2. The smallest absolute Gasteiger partial charge is 0.416 e. The number of carbonyl (C=O) groups is 2. The molecule has 3 rings (SSSR count). The van der Waals surface area contributed by atoms with Crippen LogP contribution >= 0.6 is 11.6 Å². The summed E-state index contributed by atoms with van der Waals surface area (Å²) in [5.74, 6) is -3.87. The zero-order chi connectivity index (χ0) is 22.5. The monoisotopic (exact) mass is 449 g/mol. The molecular weight excluding hydrogens is 433 g/mol. The van der Waals surface area contributed by atoms with Crippen LogP contribution in [0.5, 0.6) is 0 Å². The van der Waals surface area contributed by atoms with Gasteiger partial charge in [-0.05, 0) is 29.3 Å². The van der Waals surface area contributed by atoms with Gasteiger partial charge in [-0.3, -0.25) is 15.2 Å². The first-order valence-electron chi connectivity index (χ1n) is 8.92. The van der Waals surface area contributed by atoms with Crippen LogP contribution < -0.4 is 11.2 Å². The highest BCUT2D eigenvalue weighted by Gasteiger charge is 2.22. The van der Waals surface area contributed by atoms with Gasteiger partial charge in [0.15, 0.2) is 6.10 Å². The fraction of sp³-hybridized carbons (Fsp3) is 0.150. The third-order valence-corrected chi connectivity index (χ3v) is 4.49. The van der Waals surface area contributed by atoms with E-state index in [1.807, 2.05) is 0 Å². The molecule has 0 aliphatic carbocycles. The number of aliphatic hydroxyl groups excluding tert-OH is 1. The summed E-state index contributed by atoms with van der Waals surface area (Å²) in [7, 11) is 0. The van der Waals surface area contributed by atoms with Crippen LogP contribution in [0, 0.1) is 5.82 Å². The number of benzene rings is 2. The Bertz CT molecular complexity index is 1140. The lowest BCUT2D eigenvalue weighted by molar-refractivity contribution is -0.148. The van der Waals surface area contributed by atoms with Crippen LogP contribution in [0.1, 0.15) is 16.1 Å². The van der Waals surface area contributed by atoms with Gasteiger partial charge in [0.25, 0.3) is 0 Å². The molecule has 162 valence electrons. The number of aromatic amines is 1. The van der Waals surface area contributed by atoms with E-state index in [2.05, 4.69) is 14.8 Å². The molecule has 11 heteroatoms. The Balaban J connectivity index is 1.78. The second-order valence-electron chi connectivity index (χ2n) is 6.54. The molecule has 0 unspecified atom stereocenters. The summed E-state index contributed by atoms with van der Waals surface area (Å²) in [4.78, 5) is 36.5. The molecule has 0 bridgehead atoms. The summed E-state index contributed by atoms with van der Waals surface area (Å²) in [5.41, 5.74) is 3.89. The Morgan fingerprint density at radius 1 is 1.23 bits per heavy atom. The largest absolute Gasteiger partial charge is 0.479 e. The van der Waals surface area contributed by atoms with Crippen molar-refractivity contribution in [2.75, 3.05) is 6.54 Å². The molecule has 0 radical (unpaired) electrons. The molecule has 0 spiro atoms. The van der Waals surface area contributed by atoms with Gasteiger partial charge in [-0.25, -0.2) is 19.0 Å². The van der Waals surface area contributed by atoms with E-state index in [0.29, 0.717) is 21.7 Å². The number of carboxylic acid groups (broad SMARTS) is 1. The maximum atomic E-state index is 14.1. The van der Waals surface area contributed by atoms with Gasteiger partial charge in [-0.2, -0.15) is 0 Å². The molecule has 1 atom stereocenters. The predicted molar refractivity (Wildman–Crippen MR) is 108 cm³/mol. The van der Waals surface area contributed by atoms with Crippen LogP contribution in [0.15, 0.2) is 57.9 Å². The SMILES string of the molecule is O=C(NN(Cc1ccc(-c2cc(Cl)ccc2F)cc1)C[C@@H](O)C(=O)O)c1c[nH]c(=O)o1. The van der Waals surface area contributed by atoms with Gasteiger partial charge >= 0.3 is 17.6 Å². The van der Waals surface area contributed by atoms with E-state index in [4.69, 9.17) is 16.7 Å². The third kappa shape index (κ3) is 5.79. The number of hydrogen-bond acceptors (Lipinski definition) is 6. The molecule has 1 amide bonds. The van der Waals surface area contributed by atoms with E-state index in [-0.39, 0.29) is 12.3 Å². The maximum absolute atomic E-state index is 14.1. The third-order valence-electron chi connectivity index (χ3n) is 4.25. The first-order valence-corrected chi connectivity index (χ1v) is 9.30. The van der Waals surface area contributed by atoms with Crippen molar-refractivity contribution in [1.82, 2.24) is 15.4 Å². The van der Waals surface area contributed by atoms with Crippen molar-refractivity contribution in [3.8, 4) is 11.1 Å². The number of hydrazine groups is 1. The number of rotatable bonds is 8. The molecule has 0 aliphatic rings. The number of amides is 1. The predicted octanol–water partition coefficient (Wildman–Crippen LogP) is 2.02. The van der Waals surface area contributed by atoms with Gasteiger partial charge in [0, 0.05) is 17.1 Å². The van der Waals surface area contributed by atoms with Gasteiger partial charge in [0.1, 0.15) is 5.82 Å². The lowest BCUT2D eigenvalue weighted by Crippen LogP contribution is -2.47. The lowest BCUT2D eigenvalue weighted by atomic mass is 10.0. The summed E-state index contributed by atoms with van der Waals surface area (Å²) in [5, 5.41) is 20.2. The van der Waals surface area contributed by atoms with Gasteiger partial charge in [0.05, 0.1) is 12.7 Å². The molecule has 0 fully saturated rings. The number of nitrogens with zero attached hydrogens (tertiary/aromatic N) is 1. The van der Waals surface area contributed by atoms with E-state index >= 15 is 0 Å². The van der Waals surface area contributed by atoms with Crippen molar-refractivity contribution < 1.29 is 28.6 Å². The van der Waals surface area contributed by atoms with Crippen LogP contribution in [-0.2, 0) is 11.3 Å². The Kier molecular flexibility index (Phi) is 6.85. The molecule has 1 aromatic heterocycles.